The average molecular weight is 342 g/mol. The van der Waals surface area contributed by atoms with Crippen molar-refractivity contribution in [2.24, 2.45) is 11.4 Å². The molecule has 1 aromatic carbocycles. The first-order chi connectivity index (χ1) is 10.1. The third kappa shape index (κ3) is 3.86. The van der Waals surface area contributed by atoms with Crippen LogP contribution < -0.4 is 4.72 Å². The number of aromatic nitrogens is 2. The summed E-state index contributed by atoms with van der Waals surface area (Å²) in [5.74, 6) is 0. The topological polar surface area (TPSA) is 93.4 Å². The minimum atomic E-state index is -3.79. The molecule has 0 atom stereocenters. The highest BCUT2D eigenvalue weighted by molar-refractivity contribution is 7.93. The molecule has 7 nitrogen and oxygen atoms in total. The quantitative estimate of drug-likeness (QED) is 0.918. The largest absolute Gasteiger partial charge is 0.277 e. The molecule has 0 unspecified atom stereocenters. The number of anilines is 1. The summed E-state index contributed by atoms with van der Waals surface area (Å²) in [7, 11) is -4.54. The van der Waals surface area contributed by atoms with Gasteiger partial charge in [0.1, 0.15) is 4.90 Å². The minimum absolute atomic E-state index is 0.0959. The predicted molar refractivity (Wildman–Crippen MR) is 87.3 cm³/mol. The van der Waals surface area contributed by atoms with Gasteiger partial charge in [-0.25, -0.2) is 12.6 Å². The molecule has 1 heterocycles. The van der Waals surface area contributed by atoms with Gasteiger partial charge < -0.3 is 0 Å². The number of sulfonamides is 1. The number of hydrogen-bond acceptors (Lipinski definition) is 5. The van der Waals surface area contributed by atoms with Crippen molar-refractivity contribution >= 4 is 31.1 Å². The molecule has 0 saturated heterocycles. The second-order valence-corrected chi connectivity index (χ2v) is 9.34. The molecule has 2 aromatic rings. The summed E-state index contributed by atoms with van der Waals surface area (Å²) in [6, 6.07) is 6.57. The van der Waals surface area contributed by atoms with Crippen molar-refractivity contribution in [2.75, 3.05) is 17.2 Å². The van der Waals surface area contributed by atoms with Crippen LogP contribution in [-0.2, 0) is 26.8 Å². The van der Waals surface area contributed by atoms with Gasteiger partial charge in [-0.2, -0.15) is 9.46 Å². The second-order valence-electron chi connectivity index (χ2n) is 5.15. The number of nitrogens with zero attached hydrogens (tertiary/aromatic N) is 3. The maximum Gasteiger partial charge on any atom is 0.265 e. The molecular weight excluding hydrogens is 324 g/mol. The van der Waals surface area contributed by atoms with Crippen molar-refractivity contribution in [3.63, 3.8) is 0 Å². The molecule has 22 heavy (non-hydrogen) atoms. The molecule has 120 valence electrons. The third-order valence-corrected chi connectivity index (χ3v) is 4.83. The van der Waals surface area contributed by atoms with Crippen LogP contribution in [0.4, 0.5) is 11.4 Å². The molecule has 9 heteroatoms. The zero-order chi connectivity index (χ0) is 16.5. The van der Waals surface area contributed by atoms with Crippen LogP contribution in [0.25, 0.3) is 0 Å². The molecule has 1 aromatic heterocycles. The van der Waals surface area contributed by atoms with Crippen LogP contribution in [0, 0.1) is 6.92 Å². The van der Waals surface area contributed by atoms with E-state index in [9.17, 15) is 12.6 Å². The fraction of sp³-hybridized carbons (Fsp3) is 0.308. The Labute approximate surface area is 130 Å². The number of benzene rings is 1. The first-order valence-electron chi connectivity index (χ1n) is 6.38. The lowest BCUT2D eigenvalue weighted by molar-refractivity contribution is 0.600. The molecular formula is C13H18N4O3S2. The lowest BCUT2D eigenvalue weighted by atomic mass is 10.3. The van der Waals surface area contributed by atoms with Gasteiger partial charge in [0.2, 0.25) is 0 Å². The van der Waals surface area contributed by atoms with Crippen molar-refractivity contribution in [1.82, 2.24) is 9.78 Å². The standard InChI is InChI=1S/C13H18N4O3S2/c1-10-13(9-17(2)14-10)22(19,20)16-12-8-6-5-7-11(12)15-21(3,4)18/h5-9,16H,1-4H3. The number of para-hydroxylation sites is 1. The number of hydrogen-bond donors (Lipinski definition) is 1. The molecule has 0 saturated carbocycles. The van der Waals surface area contributed by atoms with Gasteiger partial charge in [-0.15, -0.1) is 0 Å². The van der Waals surface area contributed by atoms with Crippen molar-refractivity contribution in [1.29, 1.82) is 0 Å². The molecule has 0 radical (unpaired) electrons. The number of nitrogens with one attached hydrogen (secondary N) is 1. The van der Waals surface area contributed by atoms with Gasteiger partial charge in [0, 0.05) is 35.5 Å². The van der Waals surface area contributed by atoms with Crippen LogP contribution in [0.1, 0.15) is 5.69 Å². The summed E-state index contributed by atoms with van der Waals surface area (Å²) < 4.78 is 44.8. The molecule has 0 fully saturated rings. The monoisotopic (exact) mass is 342 g/mol. The van der Waals surface area contributed by atoms with Gasteiger partial charge in [0.15, 0.2) is 0 Å². The van der Waals surface area contributed by atoms with E-state index in [2.05, 4.69) is 14.2 Å². The zero-order valence-electron chi connectivity index (χ0n) is 12.8. The van der Waals surface area contributed by atoms with Gasteiger partial charge in [0.05, 0.1) is 17.1 Å². The van der Waals surface area contributed by atoms with Crippen LogP contribution in [0.5, 0.6) is 0 Å². The number of aryl methyl sites for hydroxylation is 2. The summed E-state index contributed by atoms with van der Waals surface area (Å²) >= 11 is 0. The van der Waals surface area contributed by atoms with E-state index in [1.165, 1.54) is 23.4 Å². The first kappa shape index (κ1) is 16.5. The Hall–Kier alpha value is -1.87. The van der Waals surface area contributed by atoms with Gasteiger partial charge in [-0.3, -0.25) is 9.40 Å². The Morgan fingerprint density at radius 1 is 1.18 bits per heavy atom. The highest BCUT2D eigenvalue weighted by Gasteiger charge is 2.21. The Bertz CT molecular complexity index is 915. The Kier molecular flexibility index (Phi) is 4.30. The van der Waals surface area contributed by atoms with E-state index < -0.39 is 19.8 Å². The first-order valence-corrected chi connectivity index (χ1v) is 10.2. The maximum atomic E-state index is 12.5. The van der Waals surface area contributed by atoms with E-state index in [0.29, 0.717) is 11.4 Å². The third-order valence-electron chi connectivity index (χ3n) is 2.72. The highest BCUT2D eigenvalue weighted by Crippen LogP contribution is 2.28. The Morgan fingerprint density at radius 2 is 1.82 bits per heavy atom. The van der Waals surface area contributed by atoms with Crippen molar-refractivity contribution < 1.29 is 12.6 Å². The van der Waals surface area contributed by atoms with Crippen LogP contribution in [0.3, 0.4) is 0 Å². The summed E-state index contributed by atoms with van der Waals surface area (Å²) in [4.78, 5) is 0.0959. The van der Waals surface area contributed by atoms with Gasteiger partial charge in [0.25, 0.3) is 10.0 Å². The van der Waals surface area contributed by atoms with E-state index in [4.69, 9.17) is 0 Å². The normalized spacial score (nSPS) is 12.2. The second kappa shape index (κ2) is 5.73. The van der Waals surface area contributed by atoms with Crippen molar-refractivity contribution in [3.05, 3.63) is 36.2 Å². The average Bonchev–Trinajstić information content (AvgIpc) is 2.70. The minimum Gasteiger partial charge on any atom is -0.277 e. The van der Waals surface area contributed by atoms with E-state index in [0.717, 1.165) is 0 Å². The van der Waals surface area contributed by atoms with Crippen LogP contribution in [0.2, 0.25) is 0 Å². The van der Waals surface area contributed by atoms with Crippen LogP contribution in [-0.4, -0.2) is 34.9 Å². The summed E-state index contributed by atoms with van der Waals surface area (Å²) in [6.45, 7) is 1.62. The van der Waals surface area contributed by atoms with Crippen LogP contribution >= 0.6 is 0 Å². The van der Waals surface area contributed by atoms with E-state index >= 15 is 0 Å². The van der Waals surface area contributed by atoms with Crippen molar-refractivity contribution in [2.45, 2.75) is 11.8 Å². The molecule has 0 aliphatic carbocycles. The number of rotatable bonds is 4. The van der Waals surface area contributed by atoms with E-state index in [1.54, 1.807) is 38.2 Å². The van der Waals surface area contributed by atoms with Gasteiger partial charge in [-0.05, 0) is 19.1 Å². The smallest absolute Gasteiger partial charge is 0.265 e. The Morgan fingerprint density at radius 3 is 2.36 bits per heavy atom. The van der Waals surface area contributed by atoms with Crippen LogP contribution in [0.15, 0.2) is 39.7 Å². The lowest BCUT2D eigenvalue weighted by Gasteiger charge is -2.10. The molecule has 0 bridgehead atoms. The molecule has 0 amide bonds. The molecule has 1 N–H and O–H groups in total. The summed E-state index contributed by atoms with van der Waals surface area (Å²) in [5, 5.41) is 4.03. The fourth-order valence-corrected chi connectivity index (χ4v) is 3.84. The molecule has 0 aliphatic rings. The SMILES string of the molecule is Cc1nn(C)cc1S(=O)(=O)Nc1ccccc1N=S(C)(C)=O. The molecule has 2 rings (SSSR count). The van der Waals surface area contributed by atoms with Gasteiger partial charge >= 0.3 is 0 Å². The van der Waals surface area contributed by atoms with E-state index in [-0.39, 0.29) is 10.6 Å². The predicted octanol–water partition coefficient (Wildman–Crippen LogP) is 1.89. The van der Waals surface area contributed by atoms with Crippen molar-refractivity contribution in [3.8, 4) is 0 Å². The molecule has 0 aliphatic heterocycles. The lowest BCUT2D eigenvalue weighted by Crippen LogP contribution is -2.13. The summed E-state index contributed by atoms with van der Waals surface area (Å²) in [6.07, 6.45) is 4.41. The highest BCUT2D eigenvalue weighted by atomic mass is 32.2. The van der Waals surface area contributed by atoms with Gasteiger partial charge in [-0.1, -0.05) is 12.1 Å². The zero-order valence-corrected chi connectivity index (χ0v) is 14.4. The molecule has 0 spiro atoms. The Balaban J connectivity index is 2.48. The maximum absolute atomic E-state index is 12.5. The van der Waals surface area contributed by atoms with E-state index in [1.807, 2.05) is 0 Å². The fourth-order valence-electron chi connectivity index (χ4n) is 1.92. The summed E-state index contributed by atoms with van der Waals surface area (Å²) in [5.41, 5.74) is 1.02.